The molecule has 0 heterocycles. The first kappa shape index (κ1) is 16.5. The van der Waals surface area contributed by atoms with Crippen LogP contribution in [0.2, 0.25) is 0 Å². The average Bonchev–Trinajstić information content (AvgIpc) is 2.44. The summed E-state index contributed by atoms with van der Waals surface area (Å²) in [6.45, 7) is 1.39. The topological polar surface area (TPSA) is 95.7 Å². The molecule has 1 rings (SSSR count). The van der Waals surface area contributed by atoms with Gasteiger partial charge in [0.15, 0.2) is 5.78 Å². The van der Waals surface area contributed by atoms with Crippen LogP contribution in [-0.2, 0) is 19.1 Å². The molecule has 7 heteroatoms. The van der Waals surface area contributed by atoms with Crippen molar-refractivity contribution < 1.29 is 24.0 Å². The van der Waals surface area contributed by atoms with E-state index in [0.717, 1.165) is 6.08 Å². The third kappa shape index (κ3) is 4.81. The summed E-state index contributed by atoms with van der Waals surface area (Å²) < 4.78 is 9.59. The number of methoxy groups -OCH3 is 1. The standard InChI is InChI=1S/C14H15NO6/c1-10(16)12(14(17)21-8-7-20-2)9-11-5-3-4-6-13(11)15(18)19/h3-6,9H,7-8H2,1-2H3/b12-9-. The molecule has 7 nitrogen and oxygen atoms in total. The summed E-state index contributed by atoms with van der Waals surface area (Å²) in [6.07, 6.45) is 1.16. The second-order valence-corrected chi connectivity index (χ2v) is 4.06. The highest BCUT2D eigenvalue weighted by atomic mass is 16.6. The van der Waals surface area contributed by atoms with E-state index in [9.17, 15) is 19.7 Å². The van der Waals surface area contributed by atoms with Crippen LogP contribution < -0.4 is 0 Å². The molecule has 112 valence electrons. The molecule has 1 aromatic rings. The molecule has 1 aromatic carbocycles. The number of rotatable bonds is 7. The van der Waals surface area contributed by atoms with E-state index in [2.05, 4.69) is 0 Å². The summed E-state index contributed by atoms with van der Waals surface area (Å²) in [5.74, 6) is -1.37. The van der Waals surface area contributed by atoms with Crippen LogP contribution >= 0.6 is 0 Å². The fourth-order valence-corrected chi connectivity index (χ4v) is 1.53. The predicted molar refractivity (Wildman–Crippen MR) is 74.6 cm³/mol. The maximum absolute atomic E-state index is 11.8. The number of para-hydroxylation sites is 1. The van der Waals surface area contributed by atoms with Crippen LogP contribution in [0.4, 0.5) is 5.69 Å². The third-order valence-corrected chi connectivity index (χ3v) is 2.55. The first-order valence-electron chi connectivity index (χ1n) is 6.09. The number of carbonyl (C=O) groups is 2. The Balaban J connectivity index is 3.08. The minimum Gasteiger partial charge on any atom is -0.460 e. The number of nitrogens with zero attached hydrogens (tertiary/aromatic N) is 1. The highest BCUT2D eigenvalue weighted by Crippen LogP contribution is 2.21. The minimum absolute atomic E-state index is 0.00314. The number of Topliss-reactive ketones (excluding diaryl/α,β-unsaturated/α-hetero) is 1. The first-order chi connectivity index (χ1) is 9.97. The molecule has 0 aliphatic carbocycles. The largest absolute Gasteiger partial charge is 0.460 e. The molecule has 0 saturated heterocycles. The van der Waals surface area contributed by atoms with Crippen LogP contribution in [0.15, 0.2) is 29.8 Å². The van der Waals surface area contributed by atoms with Gasteiger partial charge in [0, 0.05) is 13.2 Å². The quantitative estimate of drug-likeness (QED) is 0.144. The zero-order valence-corrected chi connectivity index (χ0v) is 11.7. The smallest absolute Gasteiger partial charge is 0.341 e. The lowest BCUT2D eigenvalue weighted by Gasteiger charge is -2.06. The van der Waals surface area contributed by atoms with Crippen LogP contribution in [0.5, 0.6) is 0 Å². The van der Waals surface area contributed by atoms with Gasteiger partial charge in [0.05, 0.1) is 17.1 Å². The second kappa shape index (κ2) is 7.91. The molecule has 0 saturated carbocycles. The van der Waals surface area contributed by atoms with E-state index in [1.807, 2.05) is 0 Å². The van der Waals surface area contributed by atoms with Crippen LogP contribution in [0.1, 0.15) is 12.5 Å². The number of hydrogen-bond acceptors (Lipinski definition) is 6. The number of hydrogen-bond donors (Lipinski definition) is 0. The highest BCUT2D eigenvalue weighted by Gasteiger charge is 2.19. The molecule has 0 aliphatic heterocycles. The molecule has 0 radical (unpaired) electrons. The zero-order chi connectivity index (χ0) is 15.8. The maximum Gasteiger partial charge on any atom is 0.341 e. The lowest BCUT2D eigenvalue weighted by atomic mass is 10.1. The van der Waals surface area contributed by atoms with Crippen LogP contribution in [0.25, 0.3) is 6.08 Å². The van der Waals surface area contributed by atoms with Crippen molar-refractivity contribution in [3.63, 3.8) is 0 Å². The molecule has 0 bridgehead atoms. The van der Waals surface area contributed by atoms with E-state index in [-0.39, 0.29) is 30.0 Å². The minimum atomic E-state index is -0.835. The Hall–Kier alpha value is -2.54. The maximum atomic E-state index is 11.8. The van der Waals surface area contributed by atoms with Gasteiger partial charge in [0.1, 0.15) is 12.2 Å². The Morgan fingerprint density at radius 2 is 1.95 bits per heavy atom. The normalized spacial score (nSPS) is 11.0. The van der Waals surface area contributed by atoms with Gasteiger partial charge in [-0.15, -0.1) is 0 Å². The summed E-state index contributed by atoms with van der Waals surface area (Å²) >= 11 is 0. The number of ketones is 1. The van der Waals surface area contributed by atoms with Crippen molar-refractivity contribution >= 4 is 23.5 Å². The van der Waals surface area contributed by atoms with Crippen molar-refractivity contribution in [2.24, 2.45) is 0 Å². The van der Waals surface area contributed by atoms with E-state index in [1.165, 1.54) is 32.2 Å². The van der Waals surface area contributed by atoms with Gasteiger partial charge in [0.2, 0.25) is 0 Å². The fraction of sp³-hybridized carbons (Fsp3) is 0.286. The molecule has 0 unspecified atom stereocenters. The number of benzene rings is 1. The predicted octanol–water partition coefficient (Wildman–Crippen LogP) is 1.76. The second-order valence-electron chi connectivity index (χ2n) is 4.06. The van der Waals surface area contributed by atoms with Crippen molar-refractivity contribution in [3.05, 3.63) is 45.5 Å². The molecule has 0 spiro atoms. The van der Waals surface area contributed by atoms with Crippen molar-refractivity contribution in [2.45, 2.75) is 6.92 Å². The average molecular weight is 293 g/mol. The van der Waals surface area contributed by atoms with Crippen molar-refractivity contribution in [1.29, 1.82) is 0 Å². The van der Waals surface area contributed by atoms with E-state index in [0.29, 0.717) is 0 Å². The van der Waals surface area contributed by atoms with E-state index in [1.54, 1.807) is 6.07 Å². The van der Waals surface area contributed by atoms with Crippen molar-refractivity contribution in [3.8, 4) is 0 Å². The van der Waals surface area contributed by atoms with Crippen LogP contribution in [0.3, 0.4) is 0 Å². The molecule has 0 aromatic heterocycles. The summed E-state index contributed by atoms with van der Waals surface area (Å²) in [5, 5.41) is 10.9. The molecule has 0 aliphatic rings. The monoisotopic (exact) mass is 293 g/mol. The van der Waals surface area contributed by atoms with Gasteiger partial charge in [-0.05, 0) is 19.1 Å². The molecule has 0 atom stereocenters. The molecule has 0 fully saturated rings. The summed E-state index contributed by atoms with van der Waals surface area (Å²) in [5.41, 5.74) is -0.280. The SMILES string of the molecule is COCCOC(=O)/C(=C\c1ccccc1[N+](=O)[O-])C(C)=O. The lowest BCUT2D eigenvalue weighted by molar-refractivity contribution is -0.385. The molecule has 0 N–H and O–H groups in total. The number of esters is 1. The van der Waals surface area contributed by atoms with Gasteiger partial charge in [-0.1, -0.05) is 12.1 Å². The van der Waals surface area contributed by atoms with Gasteiger partial charge in [0.25, 0.3) is 5.69 Å². The number of ether oxygens (including phenoxy) is 2. The van der Waals surface area contributed by atoms with Gasteiger partial charge in [-0.25, -0.2) is 4.79 Å². The third-order valence-electron chi connectivity index (χ3n) is 2.55. The molecule has 0 amide bonds. The number of nitro benzene ring substituents is 1. The highest BCUT2D eigenvalue weighted by molar-refractivity contribution is 6.20. The molecule has 21 heavy (non-hydrogen) atoms. The van der Waals surface area contributed by atoms with Crippen molar-refractivity contribution in [1.82, 2.24) is 0 Å². The Morgan fingerprint density at radius 1 is 1.29 bits per heavy atom. The van der Waals surface area contributed by atoms with Gasteiger partial charge < -0.3 is 9.47 Å². The first-order valence-corrected chi connectivity index (χ1v) is 6.09. The lowest BCUT2D eigenvalue weighted by Crippen LogP contribution is -2.16. The van der Waals surface area contributed by atoms with Crippen LogP contribution in [-0.4, -0.2) is 37.0 Å². The van der Waals surface area contributed by atoms with Gasteiger partial charge in [-0.3, -0.25) is 14.9 Å². The Morgan fingerprint density at radius 3 is 2.52 bits per heavy atom. The van der Waals surface area contributed by atoms with E-state index >= 15 is 0 Å². The zero-order valence-electron chi connectivity index (χ0n) is 11.7. The number of nitro groups is 1. The fourth-order valence-electron chi connectivity index (χ4n) is 1.53. The Labute approximate surface area is 121 Å². The van der Waals surface area contributed by atoms with Gasteiger partial charge in [-0.2, -0.15) is 0 Å². The Bertz CT molecular complexity index is 579. The van der Waals surface area contributed by atoms with Crippen LogP contribution in [0, 0.1) is 10.1 Å². The molecular formula is C14H15NO6. The summed E-state index contributed by atoms with van der Waals surface area (Å²) in [4.78, 5) is 33.7. The number of carbonyl (C=O) groups excluding carboxylic acids is 2. The van der Waals surface area contributed by atoms with E-state index in [4.69, 9.17) is 9.47 Å². The van der Waals surface area contributed by atoms with Gasteiger partial charge >= 0.3 is 5.97 Å². The Kier molecular flexibility index (Phi) is 6.22. The van der Waals surface area contributed by atoms with E-state index < -0.39 is 16.7 Å². The van der Waals surface area contributed by atoms with Crippen molar-refractivity contribution in [2.75, 3.05) is 20.3 Å². The molecular weight excluding hydrogens is 278 g/mol. The summed E-state index contributed by atoms with van der Waals surface area (Å²) in [6, 6.07) is 5.82. The summed E-state index contributed by atoms with van der Waals surface area (Å²) in [7, 11) is 1.45.